The van der Waals surface area contributed by atoms with Crippen LogP contribution in [0.2, 0.25) is 10.0 Å². The molecule has 0 bridgehead atoms. The number of benzene rings is 1. The lowest BCUT2D eigenvalue weighted by Crippen LogP contribution is -2.27. The average Bonchev–Trinajstić information content (AvgIpc) is 2.12. The zero-order valence-electron chi connectivity index (χ0n) is 7.30. The standard InChI is InChI=1S/C8H8Cl2N2OS/c1-13-12-8(14)11-7-4-5(9)2-3-6(7)10/h2-4H,1H3,(H2,11,12,14). The summed E-state index contributed by atoms with van der Waals surface area (Å²) in [5.74, 6) is 0. The monoisotopic (exact) mass is 250 g/mol. The summed E-state index contributed by atoms with van der Waals surface area (Å²) in [6, 6.07) is 5.05. The average molecular weight is 251 g/mol. The maximum absolute atomic E-state index is 5.89. The molecule has 6 heteroatoms. The van der Waals surface area contributed by atoms with E-state index >= 15 is 0 Å². The molecule has 0 heterocycles. The van der Waals surface area contributed by atoms with Crippen LogP contribution in [0, 0.1) is 0 Å². The molecule has 3 nitrogen and oxygen atoms in total. The predicted octanol–water partition coefficient (Wildman–Crippen LogP) is 2.84. The summed E-state index contributed by atoms with van der Waals surface area (Å²) >= 11 is 16.6. The van der Waals surface area contributed by atoms with Crippen molar-refractivity contribution >= 4 is 46.2 Å². The Morgan fingerprint density at radius 3 is 2.79 bits per heavy atom. The van der Waals surface area contributed by atoms with E-state index in [1.54, 1.807) is 18.2 Å². The molecule has 76 valence electrons. The number of anilines is 1. The first-order valence-electron chi connectivity index (χ1n) is 3.68. The molecule has 0 radical (unpaired) electrons. The van der Waals surface area contributed by atoms with Crippen molar-refractivity contribution in [2.75, 3.05) is 12.4 Å². The van der Waals surface area contributed by atoms with E-state index in [0.717, 1.165) is 0 Å². The second kappa shape index (κ2) is 5.36. The molecule has 0 unspecified atom stereocenters. The van der Waals surface area contributed by atoms with Crippen LogP contribution in [0.25, 0.3) is 0 Å². The fraction of sp³-hybridized carbons (Fsp3) is 0.125. The Kier molecular flexibility index (Phi) is 4.41. The fourth-order valence-corrected chi connectivity index (χ4v) is 1.36. The van der Waals surface area contributed by atoms with Crippen molar-refractivity contribution in [3.8, 4) is 0 Å². The van der Waals surface area contributed by atoms with Gasteiger partial charge in [-0.1, -0.05) is 23.2 Å². The van der Waals surface area contributed by atoms with Crippen LogP contribution < -0.4 is 10.8 Å². The number of hydrogen-bond donors (Lipinski definition) is 2. The molecule has 0 aliphatic rings. The van der Waals surface area contributed by atoms with Crippen LogP contribution >= 0.6 is 35.4 Å². The summed E-state index contributed by atoms with van der Waals surface area (Å²) in [6.07, 6.45) is 0. The minimum atomic E-state index is 0.316. The third-order valence-corrected chi connectivity index (χ3v) is 2.12. The van der Waals surface area contributed by atoms with Crippen molar-refractivity contribution in [3.05, 3.63) is 28.2 Å². The SMILES string of the molecule is CONC(=S)Nc1cc(Cl)ccc1Cl. The van der Waals surface area contributed by atoms with E-state index in [4.69, 9.17) is 35.4 Å². The van der Waals surface area contributed by atoms with E-state index in [0.29, 0.717) is 20.8 Å². The molecule has 0 amide bonds. The Labute approximate surface area is 97.3 Å². The van der Waals surface area contributed by atoms with Crippen LogP contribution in [0.5, 0.6) is 0 Å². The van der Waals surface area contributed by atoms with Crippen molar-refractivity contribution in [3.63, 3.8) is 0 Å². The predicted molar refractivity (Wildman–Crippen MR) is 62.8 cm³/mol. The summed E-state index contributed by atoms with van der Waals surface area (Å²) in [4.78, 5) is 4.62. The Bertz CT molecular complexity index is 346. The first-order chi connectivity index (χ1) is 6.63. The van der Waals surface area contributed by atoms with E-state index in [-0.39, 0.29) is 0 Å². The second-order valence-electron chi connectivity index (χ2n) is 2.38. The normalized spacial score (nSPS) is 9.64. The van der Waals surface area contributed by atoms with Crippen LogP contribution in [0.1, 0.15) is 0 Å². The number of nitrogens with one attached hydrogen (secondary N) is 2. The van der Waals surface area contributed by atoms with Crippen LogP contribution in [0.3, 0.4) is 0 Å². The van der Waals surface area contributed by atoms with Crippen LogP contribution in [0.15, 0.2) is 18.2 Å². The van der Waals surface area contributed by atoms with Crippen molar-refractivity contribution < 1.29 is 4.84 Å². The Balaban J connectivity index is 2.75. The smallest absolute Gasteiger partial charge is 0.195 e. The number of hydroxylamine groups is 1. The van der Waals surface area contributed by atoms with E-state index in [1.807, 2.05) is 0 Å². The first-order valence-corrected chi connectivity index (χ1v) is 4.85. The molecule has 1 rings (SSSR count). The Morgan fingerprint density at radius 2 is 2.14 bits per heavy atom. The van der Waals surface area contributed by atoms with Crippen molar-refractivity contribution in [1.29, 1.82) is 0 Å². The molecule has 0 aromatic heterocycles. The highest BCUT2D eigenvalue weighted by Gasteiger charge is 2.02. The van der Waals surface area contributed by atoms with Crippen molar-refractivity contribution in [2.24, 2.45) is 0 Å². The molecule has 0 aliphatic carbocycles. The molecule has 2 N–H and O–H groups in total. The summed E-state index contributed by atoms with van der Waals surface area (Å²) in [5, 5.41) is 4.26. The van der Waals surface area contributed by atoms with Gasteiger partial charge in [-0.25, -0.2) is 5.48 Å². The molecule has 14 heavy (non-hydrogen) atoms. The minimum absolute atomic E-state index is 0.316. The lowest BCUT2D eigenvalue weighted by Gasteiger charge is -2.09. The van der Waals surface area contributed by atoms with Gasteiger partial charge in [-0.05, 0) is 30.4 Å². The minimum Gasteiger partial charge on any atom is -0.330 e. The largest absolute Gasteiger partial charge is 0.330 e. The molecule has 0 saturated carbocycles. The van der Waals surface area contributed by atoms with Gasteiger partial charge in [0.2, 0.25) is 0 Å². The highest BCUT2D eigenvalue weighted by atomic mass is 35.5. The van der Waals surface area contributed by atoms with Crippen molar-refractivity contribution in [1.82, 2.24) is 5.48 Å². The van der Waals surface area contributed by atoms with E-state index < -0.39 is 0 Å². The molecule has 0 spiro atoms. The number of halogens is 2. The molecule has 0 saturated heterocycles. The van der Waals surface area contributed by atoms with Gasteiger partial charge in [-0.2, -0.15) is 0 Å². The Morgan fingerprint density at radius 1 is 1.43 bits per heavy atom. The van der Waals surface area contributed by atoms with Crippen LogP contribution in [0.4, 0.5) is 5.69 Å². The molecule has 0 aliphatic heterocycles. The summed E-state index contributed by atoms with van der Waals surface area (Å²) in [5.41, 5.74) is 3.09. The summed E-state index contributed by atoms with van der Waals surface area (Å²) < 4.78 is 0. The zero-order chi connectivity index (χ0) is 10.6. The molecule has 0 fully saturated rings. The van der Waals surface area contributed by atoms with Gasteiger partial charge in [-0.3, -0.25) is 4.84 Å². The fourth-order valence-electron chi connectivity index (χ4n) is 0.834. The van der Waals surface area contributed by atoms with Gasteiger partial charge in [0.15, 0.2) is 5.11 Å². The lowest BCUT2D eigenvalue weighted by atomic mass is 10.3. The summed E-state index contributed by atoms with van der Waals surface area (Å²) in [6.45, 7) is 0. The van der Waals surface area contributed by atoms with E-state index in [2.05, 4.69) is 15.6 Å². The second-order valence-corrected chi connectivity index (χ2v) is 3.64. The maximum Gasteiger partial charge on any atom is 0.195 e. The van der Waals surface area contributed by atoms with Gasteiger partial charge < -0.3 is 5.32 Å². The third kappa shape index (κ3) is 3.31. The molecular formula is C8H8Cl2N2OS. The van der Waals surface area contributed by atoms with E-state index in [9.17, 15) is 0 Å². The number of hydrogen-bond acceptors (Lipinski definition) is 2. The molecule has 0 atom stereocenters. The molecular weight excluding hydrogens is 243 g/mol. The quantitative estimate of drug-likeness (QED) is 0.625. The van der Waals surface area contributed by atoms with Crippen LogP contribution in [-0.4, -0.2) is 12.2 Å². The summed E-state index contributed by atoms with van der Waals surface area (Å²) in [7, 11) is 1.47. The maximum atomic E-state index is 5.89. The number of rotatable bonds is 2. The highest BCUT2D eigenvalue weighted by Crippen LogP contribution is 2.25. The first kappa shape index (κ1) is 11.5. The van der Waals surface area contributed by atoms with Gasteiger partial charge in [0, 0.05) is 5.02 Å². The zero-order valence-corrected chi connectivity index (χ0v) is 9.63. The van der Waals surface area contributed by atoms with Gasteiger partial charge in [0.25, 0.3) is 0 Å². The molecule has 1 aromatic carbocycles. The van der Waals surface area contributed by atoms with Crippen molar-refractivity contribution in [2.45, 2.75) is 0 Å². The lowest BCUT2D eigenvalue weighted by molar-refractivity contribution is 0.146. The van der Waals surface area contributed by atoms with Gasteiger partial charge in [-0.15, -0.1) is 0 Å². The van der Waals surface area contributed by atoms with E-state index in [1.165, 1.54) is 7.11 Å². The third-order valence-electron chi connectivity index (χ3n) is 1.37. The van der Waals surface area contributed by atoms with Crippen LogP contribution in [-0.2, 0) is 4.84 Å². The number of thiocarbonyl (C=S) groups is 1. The Hall–Kier alpha value is -0.550. The topological polar surface area (TPSA) is 33.3 Å². The highest BCUT2D eigenvalue weighted by molar-refractivity contribution is 7.80. The molecule has 1 aromatic rings. The van der Waals surface area contributed by atoms with Gasteiger partial charge >= 0.3 is 0 Å². The van der Waals surface area contributed by atoms with Gasteiger partial charge in [0.05, 0.1) is 17.8 Å². The van der Waals surface area contributed by atoms with Gasteiger partial charge in [0.1, 0.15) is 0 Å².